The number of benzene rings is 2. The molecule has 2 aromatic carbocycles. The predicted octanol–water partition coefficient (Wildman–Crippen LogP) is 4.51. The third-order valence-corrected chi connectivity index (χ3v) is 4.80. The maximum absolute atomic E-state index is 12.5. The number of anilines is 1. The number of non-ortho nitro benzene ring substituents is 1. The lowest BCUT2D eigenvalue weighted by Gasteiger charge is -2.02. The fourth-order valence-corrected chi connectivity index (χ4v) is 3.51. The van der Waals surface area contributed by atoms with E-state index in [1.54, 1.807) is 37.3 Å². The molecule has 124 valence electrons. The van der Waals surface area contributed by atoms with E-state index in [9.17, 15) is 14.9 Å². The molecule has 0 saturated heterocycles. The molecule has 2 heterocycles. The van der Waals surface area contributed by atoms with Gasteiger partial charge in [-0.05, 0) is 30.3 Å². The van der Waals surface area contributed by atoms with Crippen LogP contribution in [0.15, 0.2) is 46.9 Å². The van der Waals surface area contributed by atoms with E-state index < -0.39 is 4.92 Å². The summed E-state index contributed by atoms with van der Waals surface area (Å²) in [6.07, 6.45) is 0. The number of aryl methyl sites for hydroxylation is 1. The number of nitro groups is 1. The van der Waals surface area contributed by atoms with Crippen molar-refractivity contribution in [2.45, 2.75) is 6.92 Å². The molecule has 0 saturated carbocycles. The molecule has 0 aliphatic rings. The highest BCUT2D eigenvalue weighted by Gasteiger charge is 2.14. The van der Waals surface area contributed by atoms with Crippen LogP contribution >= 0.6 is 11.3 Å². The fraction of sp³-hybridized carbons (Fsp3) is 0.0588. The van der Waals surface area contributed by atoms with E-state index in [1.165, 1.54) is 23.5 Å². The van der Waals surface area contributed by atoms with Crippen molar-refractivity contribution in [3.63, 3.8) is 0 Å². The van der Waals surface area contributed by atoms with Crippen LogP contribution in [0.3, 0.4) is 0 Å². The zero-order valence-electron chi connectivity index (χ0n) is 13.0. The number of rotatable bonds is 3. The Bertz CT molecular complexity index is 1150. The molecule has 0 atom stereocenters. The summed E-state index contributed by atoms with van der Waals surface area (Å²) in [6, 6.07) is 11.4. The van der Waals surface area contributed by atoms with Crippen LogP contribution in [-0.2, 0) is 0 Å². The molecular weight excluding hydrogens is 342 g/mol. The number of carbonyl (C=O) groups excluding carboxylic acids is 1. The third-order valence-electron chi connectivity index (χ3n) is 3.69. The predicted molar refractivity (Wildman–Crippen MR) is 95.2 cm³/mol. The molecule has 0 spiro atoms. The van der Waals surface area contributed by atoms with Crippen molar-refractivity contribution >= 4 is 49.8 Å². The first-order chi connectivity index (χ1) is 12.0. The number of aromatic nitrogens is 1. The highest BCUT2D eigenvalue weighted by molar-refractivity contribution is 7.20. The Labute approximate surface area is 145 Å². The SMILES string of the molecule is Cc1nc2cc(NC(=O)c3cc4cc([N+](=O)[O-])ccc4s3)ccc2o1. The van der Waals surface area contributed by atoms with Crippen LogP contribution in [0.2, 0.25) is 0 Å². The number of nitrogens with zero attached hydrogens (tertiary/aromatic N) is 2. The van der Waals surface area contributed by atoms with Gasteiger partial charge in [-0.15, -0.1) is 11.3 Å². The number of hydrogen-bond donors (Lipinski definition) is 1. The summed E-state index contributed by atoms with van der Waals surface area (Å²) in [4.78, 5) is 27.6. The van der Waals surface area contributed by atoms with Gasteiger partial charge in [0, 0.05) is 34.8 Å². The van der Waals surface area contributed by atoms with E-state index in [1.807, 2.05) is 0 Å². The molecule has 0 bridgehead atoms. The van der Waals surface area contributed by atoms with Crippen molar-refractivity contribution in [3.05, 3.63) is 63.3 Å². The largest absolute Gasteiger partial charge is 0.441 e. The van der Waals surface area contributed by atoms with Crippen molar-refractivity contribution in [3.8, 4) is 0 Å². The summed E-state index contributed by atoms with van der Waals surface area (Å²) in [7, 11) is 0. The second kappa shape index (κ2) is 5.67. The maximum atomic E-state index is 12.5. The van der Waals surface area contributed by atoms with Crippen molar-refractivity contribution in [1.29, 1.82) is 0 Å². The van der Waals surface area contributed by atoms with Crippen molar-refractivity contribution in [2.24, 2.45) is 0 Å². The molecule has 25 heavy (non-hydrogen) atoms. The Morgan fingerprint density at radius 3 is 2.88 bits per heavy atom. The molecule has 0 unspecified atom stereocenters. The first kappa shape index (κ1) is 15.3. The van der Waals surface area contributed by atoms with Crippen molar-refractivity contribution in [1.82, 2.24) is 4.98 Å². The number of amides is 1. The van der Waals surface area contributed by atoms with E-state index in [2.05, 4.69) is 10.3 Å². The molecule has 0 radical (unpaired) electrons. The third kappa shape index (κ3) is 2.83. The number of hydrogen-bond acceptors (Lipinski definition) is 6. The zero-order chi connectivity index (χ0) is 17.6. The number of nitrogens with one attached hydrogen (secondary N) is 1. The van der Waals surface area contributed by atoms with Gasteiger partial charge in [0.05, 0.1) is 9.80 Å². The number of nitro benzene ring substituents is 1. The van der Waals surface area contributed by atoms with Gasteiger partial charge in [-0.3, -0.25) is 14.9 Å². The van der Waals surface area contributed by atoms with Crippen LogP contribution in [0.4, 0.5) is 11.4 Å². The molecular formula is C17H11N3O4S. The fourth-order valence-electron chi connectivity index (χ4n) is 2.57. The van der Waals surface area contributed by atoms with Crippen LogP contribution in [0.5, 0.6) is 0 Å². The molecule has 0 aliphatic carbocycles. The summed E-state index contributed by atoms with van der Waals surface area (Å²) in [5.74, 6) is 0.285. The molecule has 1 amide bonds. The van der Waals surface area contributed by atoms with Crippen LogP contribution in [0.25, 0.3) is 21.2 Å². The Balaban J connectivity index is 1.63. The summed E-state index contributed by atoms with van der Waals surface area (Å²) < 4.78 is 6.22. The van der Waals surface area contributed by atoms with Gasteiger partial charge in [-0.1, -0.05) is 0 Å². The molecule has 0 fully saturated rings. The van der Waals surface area contributed by atoms with Crippen molar-refractivity contribution in [2.75, 3.05) is 5.32 Å². The topological polar surface area (TPSA) is 98.3 Å². The highest BCUT2D eigenvalue weighted by Crippen LogP contribution is 2.29. The molecule has 4 rings (SSSR count). The molecule has 2 aromatic heterocycles. The zero-order valence-corrected chi connectivity index (χ0v) is 13.8. The Kier molecular flexibility index (Phi) is 3.47. The Hall–Kier alpha value is -3.26. The number of thiophene rings is 1. The van der Waals surface area contributed by atoms with E-state index in [0.717, 1.165) is 4.70 Å². The Morgan fingerprint density at radius 1 is 1.24 bits per heavy atom. The van der Waals surface area contributed by atoms with Gasteiger partial charge in [-0.25, -0.2) is 4.98 Å². The molecule has 1 N–H and O–H groups in total. The monoisotopic (exact) mass is 353 g/mol. The minimum absolute atomic E-state index is 0.00381. The summed E-state index contributed by atoms with van der Waals surface area (Å²) in [5.41, 5.74) is 1.94. The standard InChI is InChI=1S/C17H11N3O4S/c1-9-18-13-8-11(2-4-14(13)24-9)19-17(21)16-7-10-6-12(20(22)23)3-5-15(10)25-16/h2-8H,1H3,(H,19,21). The van der Waals surface area contributed by atoms with Gasteiger partial charge < -0.3 is 9.73 Å². The van der Waals surface area contributed by atoms with Crippen LogP contribution in [0.1, 0.15) is 15.6 Å². The molecule has 7 nitrogen and oxygen atoms in total. The van der Waals surface area contributed by atoms with E-state index >= 15 is 0 Å². The highest BCUT2D eigenvalue weighted by atomic mass is 32.1. The second-order valence-corrected chi connectivity index (χ2v) is 6.54. The maximum Gasteiger partial charge on any atom is 0.270 e. The molecule has 8 heteroatoms. The van der Waals surface area contributed by atoms with Crippen LogP contribution in [-0.4, -0.2) is 15.8 Å². The summed E-state index contributed by atoms with van der Waals surface area (Å²) >= 11 is 1.28. The summed E-state index contributed by atoms with van der Waals surface area (Å²) in [5, 5.41) is 14.3. The number of oxazole rings is 1. The molecule has 4 aromatic rings. The van der Waals surface area contributed by atoms with Gasteiger partial charge in [0.25, 0.3) is 11.6 Å². The van der Waals surface area contributed by atoms with E-state index in [-0.39, 0.29) is 11.6 Å². The quantitative estimate of drug-likeness (QED) is 0.431. The number of carbonyl (C=O) groups is 1. The molecule has 0 aliphatic heterocycles. The first-order valence-electron chi connectivity index (χ1n) is 7.36. The normalized spacial score (nSPS) is 11.1. The van der Waals surface area contributed by atoms with E-state index in [0.29, 0.717) is 32.9 Å². The van der Waals surface area contributed by atoms with Gasteiger partial charge in [0.15, 0.2) is 11.5 Å². The van der Waals surface area contributed by atoms with Crippen molar-refractivity contribution < 1.29 is 14.1 Å². The lowest BCUT2D eigenvalue weighted by atomic mass is 10.2. The van der Waals surface area contributed by atoms with E-state index in [4.69, 9.17) is 4.42 Å². The second-order valence-electron chi connectivity index (χ2n) is 5.46. The average Bonchev–Trinajstić information content (AvgIpc) is 3.15. The lowest BCUT2D eigenvalue weighted by molar-refractivity contribution is -0.384. The van der Waals surface area contributed by atoms with Gasteiger partial charge in [0.1, 0.15) is 5.52 Å². The Morgan fingerprint density at radius 2 is 2.08 bits per heavy atom. The first-order valence-corrected chi connectivity index (χ1v) is 8.18. The summed E-state index contributed by atoms with van der Waals surface area (Å²) in [6.45, 7) is 1.76. The van der Waals surface area contributed by atoms with Crippen LogP contribution < -0.4 is 5.32 Å². The average molecular weight is 353 g/mol. The minimum atomic E-state index is -0.452. The minimum Gasteiger partial charge on any atom is -0.441 e. The smallest absolute Gasteiger partial charge is 0.270 e. The van der Waals surface area contributed by atoms with Crippen LogP contribution in [0, 0.1) is 17.0 Å². The van der Waals surface area contributed by atoms with Gasteiger partial charge >= 0.3 is 0 Å². The lowest BCUT2D eigenvalue weighted by Crippen LogP contribution is -2.09. The van der Waals surface area contributed by atoms with Gasteiger partial charge in [-0.2, -0.15) is 0 Å². The van der Waals surface area contributed by atoms with Gasteiger partial charge in [0.2, 0.25) is 0 Å². The number of fused-ring (bicyclic) bond motifs is 2.